The number of anilines is 1. The van der Waals surface area contributed by atoms with Gasteiger partial charge in [0.1, 0.15) is 11.7 Å². The maximum absolute atomic E-state index is 13.1. The smallest absolute Gasteiger partial charge is 0.313 e. The fourth-order valence-electron chi connectivity index (χ4n) is 3.39. The number of hydrogen-bond donors (Lipinski definition) is 2. The highest BCUT2D eigenvalue weighted by Crippen LogP contribution is 2.25. The van der Waals surface area contributed by atoms with Crippen molar-refractivity contribution in [1.29, 1.82) is 0 Å². The Morgan fingerprint density at radius 3 is 2.35 bits per heavy atom. The molecule has 0 bridgehead atoms. The van der Waals surface area contributed by atoms with Gasteiger partial charge in [-0.3, -0.25) is 10.2 Å². The van der Waals surface area contributed by atoms with Crippen LogP contribution in [0.1, 0.15) is 6.92 Å². The Morgan fingerprint density at radius 1 is 1.15 bits per heavy atom. The van der Waals surface area contributed by atoms with Gasteiger partial charge < -0.3 is 9.64 Å². The third kappa shape index (κ3) is 3.54. The molecule has 8 nitrogen and oxygen atoms in total. The predicted molar refractivity (Wildman–Crippen MR) is 94.1 cm³/mol. The van der Waals surface area contributed by atoms with Crippen molar-refractivity contribution in [1.82, 2.24) is 15.2 Å². The van der Waals surface area contributed by atoms with E-state index in [1.54, 1.807) is 19.1 Å². The zero-order valence-corrected chi connectivity index (χ0v) is 15.5. The molecule has 0 saturated carbocycles. The lowest BCUT2D eigenvalue weighted by Crippen LogP contribution is -2.55. The minimum Gasteiger partial charge on any atom is -0.469 e. The standard InChI is InChI=1S/C16H23FN4O4S/c1-11-14(16(22)25-2)15(19-18-11)26(23,24)21-9-7-20(8-10-21)13-5-3-12(17)4-6-13/h3-6,11,14-15,18-19H,7-10H2,1-2H3. The third-order valence-electron chi connectivity index (χ3n) is 4.90. The second-order valence-corrected chi connectivity index (χ2v) is 8.51. The number of hydrogen-bond acceptors (Lipinski definition) is 7. The van der Waals surface area contributed by atoms with Gasteiger partial charge in [-0.15, -0.1) is 0 Å². The lowest BCUT2D eigenvalue weighted by atomic mass is 10.0. The Balaban J connectivity index is 1.69. The van der Waals surface area contributed by atoms with Crippen molar-refractivity contribution in [2.75, 3.05) is 38.2 Å². The zero-order chi connectivity index (χ0) is 18.9. The Labute approximate surface area is 152 Å². The van der Waals surface area contributed by atoms with Crippen LogP contribution >= 0.6 is 0 Å². The number of ether oxygens (including phenoxy) is 1. The molecule has 1 aromatic carbocycles. The summed E-state index contributed by atoms with van der Waals surface area (Å²) in [6, 6.07) is 5.76. The molecule has 0 aromatic heterocycles. The lowest BCUT2D eigenvalue weighted by molar-refractivity contribution is -0.145. The van der Waals surface area contributed by atoms with Gasteiger partial charge in [-0.05, 0) is 31.2 Å². The van der Waals surface area contributed by atoms with Crippen LogP contribution in [0.5, 0.6) is 0 Å². The van der Waals surface area contributed by atoms with Crippen LogP contribution in [-0.4, -0.2) is 63.4 Å². The van der Waals surface area contributed by atoms with Gasteiger partial charge in [0, 0.05) is 37.9 Å². The molecule has 0 radical (unpaired) electrons. The van der Waals surface area contributed by atoms with Crippen molar-refractivity contribution in [2.45, 2.75) is 18.3 Å². The first-order valence-electron chi connectivity index (χ1n) is 8.43. The molecule has 2 fully saturated rings. The molecule has 2 heterocycles. The number of rotatable bonds is 4. The lowest BCUT2D eigenvalue weighted by Gasteiger charge is -2.37. The number of piperazine rings is 1. The molecule has 2 aliphatic heterocycles. The molecular formula is C16H23FN4O4S. The van der Waals surface area contributed by atoms with E-state index < -0.39 is 27.3 Å². The summed E-state index contributed by atoms with van der Waals surface area (Å²) in [5, 5.41) is -1.07. The highest BCUT2D eigenvalue weighted by Gasteiger charge is 2.49. The van der Waals surface area contributed by atoms with Crippen molar-refractivity contribution in [3.63, 3.8) is 0 Å². The summed E-state index contributed by atoms with van der Waals surface area (Å²) < 4.78 is 45.2. The van der Waals surface area contributed by atoms with Crippen LogP contribution in [0, 0.1) is 11.7 Å². The van der Waals surface area contributed by atoms with Gasteiger partial charge in [0.15, 0.2) is 5.37 Å². The number of carbonyl (C=O) groups excluding carboxylic acids is 1. The van der Waals surface area contributed by atoms with Gasteiger partial charge in [0.05, 0.1) is 7.11 Å². The minimum atomic E-state index is -3.74. The quantitative estimate of drug-likeness (QED) is 0.698. The topological polar surface area (TPSA) is 91.0 Å². The van der Waals surface area contributed by atoms with Crippen molar-refractivity contribution in [3.8, 4) is 0 Å². The van der Waals surface area contributed by atoms with Gasteiger partial charge in [-0.1, -0.05) is 0 Å². The molecule has 3 atom stereocenters. The summed E-state index contributed by atoms with van der Waals surface area (Å²) in [7, 11) is -2.49. The monoisotopic (exact) mass is 386 g/mol. The minimum absolute atomic E-state index is 0.292. The maximum Gasteiger partial charge on any atom is 0.313 e. The van der Waals surface area contributed by atoms with Crippen molar-refractivity contribution in [2.24, 2.45) is 5.92 Å². The summed E-state index contributed by atoms with van der Waals surface area (Å²) in [6.07, 6.45) is 0. The number of methoxy groups -OCH3 is 1. The molecule has 1 aromatic rings. The van der Waals surface area contributed by atoms with E-state index >= 15 is 0 Å². The first-order valence-corrected chi connectivity index (χ1v) is 9.93. The van der Waals surface area contributed by atoms with E-state index in [1.165, 1.54) is 23.5 Å². The van der Waals surface area contributed by atoms with E-state index in [1.807, 2.05) is 4.90 Å². The van der Waals surface area contributed by atoms with E-state index in [9.17, 15) is 17.6 Å². The third-order valence-corrected chi connectivity index (χ3v) is 7.04. The number of nitrogens with one attached hydrogen (secondary N) is 2. The van der Waals surface area contributed by atoms with Crippen LogP contribution in [0.3, 0.4) is 0 Å². The number of sulfonamides is 1. The number of hydrazine groups is 1. The summed E-state index contributed by atoms with van der Waals surface area (Å²) in [5.74, 6) is -1.69. The van der Waals surface area contributed by atoms with Gasteiger partial charge in [0.2, 0.25) is 10.0 Å². The summed E-state index contributed by atoms with van der Waals surface area (Å²) >= 11 is 0. The molecule has 2 N–H and O–H groups in total. The van der Waals surface area contributed by atoms with E-state index in [-0.39, 0.29) is 11.9 Å². The van der Waals surface area contributed by atoms with Crippen molar-refractivity contribution >= 4 is 21.7 Å². The van der Waals surface area contributed by atoms with Crippen LogP contribution in [0.4, 0.5) is 10.1 Å². The second-order valence-electron chi connectivity index (χ2n) is 6.45. The molecule has 3 unspecified atom stereocenters. The fourth-order valence-corrected chi connectivity index (χ4v) is 5.32. The predicted octanol–water partition coefficient (Wildman–Crippen LogP) is -0.111. The summed E-state index contributed by atoms with van der Waals surface area (Å²) in [6.45, 7) is 3.30. The highest BCUT2D eigenvalue weighted by atomic mass is 32.2. The Morgan fingerprint density at radius 2 is 1.77 bits per heavy atom. The molecular weight excluding hydrogens is 363 g/mol. The first-order chi connectivity index (χ1) is 12.3. The number of carbonyl (C=O) groups is 1. The maximum atomic E-state index is 13.1. The molecule has 0 spiro atoms. The average molecular weight is 386 g/mol. The number of halogens is 1. The van der Waals surface area contributed by atoms with Gasteiger partial charge in [-0.2, -0.15) is 4.31 Å². The van der Waals surface area contributed by atoms with Crippen LogP contribution in [0.15, 0.2) is 24.3 Å². The number of benzene rings is 1. The zero-order valence-electron chi connectivity index (χ0n) is 14.7. The normalized spacial score (nSPS) is 27.5. The van der Waals surface area contributed by atoms with Crippen molar-refractivity contribution in [3.05, 3.63) is 30.1 Å². The molecule has 2 saturated heterocycles. The molecule has 144 valence electrons. The van der Waals surface area contributed by atoms with Crippen LogP contribution in [0.2, 0.25) is 0 Å². The second kappa shape index (κ2) is 7.47. The molecule has 2 aliphatic rings. The van der Waals surface area contributed by atoms with Crippen LogP contribution in [0.25, 0.3) is 0 Å². The van der Waals surface area contributed by atoms with Gasteiger partial charge >= 0.3 is 5.97 Å². The average Bonchev–Trinajstić information content (AvgIpc) is 3.04. The largest absolute Gasteiger partial charge is 0.469 e. The molecule has 3 rings (SSSR count). The van der Waals surface area contributed by atoms with E-state index in [0.717, 1.165) is 5.69 Å². The van der Waals surface area contributed by atoms with Crippen molar-refractivity contribution < 1.29 is 22.3 Å². The van der Waals surface area contributed by atoms with E-state index in [4.69, 9.17) is 4.74 Å². The molecule has 26 heavy (non-hydrogen) atoms. The van der Waals surface area contributed by atoms with E-state index in [2.05, 4.69) is 10.9 Å². The van der Waals surface area contributed by atoms with E-state index in [0.29, 0.717) is 26.2 Å². The Bertz CT molecular complexity index is 750. The molecule has 0 aliphatic carbocycles. The van der Waals surface area contributed by atoms with Gasteiger partial charge in [-0.25, -0.2) is 18.2 Å². The molecule has 0 amide bonds. The number of nitrogens with zero attached hydrogens (tertiary/aromatic N) is 2. The highest BCUT2D eigenvalue weighted by molar-refractivity contribution is 7.89. The summed E-state index contributed by atoms with van der Waals surface area (Å²) in [4.78, 5) is 14.0. The summed E-state index contributed by atoms with van der Waals surface area (Å²) in [5.41, 5.74) is 6.39. The fraction of sp³-hybridized carbons (Fsp3) is 0.562. The Kier molecular flexibility index (Phi) is 5.47. The Hall–Kier alpha value is -1.75. The number of esters is 1. The first kappa shape index (κ1) is 19.0. The SMILES string of the molecule is COC(=O)C1C(C)NNC1S(=O)(=O)N1CCN(c2ccc(F)cc2)CC1. The molecule has 10 heteroatoms. The van der Waals surface area contributed by atoms with Crippen LogP contribution < -0.4 is 15.8 Å². The van der Waals surface area contributed by atoms with Gasteiger partial charge in [0.25, 0.3) is 0 Å². The van der Waals surface area contributed by atoms with Crippen LogP contribution in [-0.2, 0) is 19.6 Å².